The predicted octanol–water partition coefficient (Wildman–Crippen LogP) is 3.34. The third kappa shape index (κ3) is 4.62. The molecular formula is C22H29N3O3. The van der Waals surface area contributed by atoms with Crippen LogP contribution in [-0.2, 0) is 0 Å². The Bertz CT molecular complexity index is 774. The molecular weight excluding hydrogens is 354 g/mol. The lowest BCUT2D eigenvalue weighted by Crippen LogP contribution is -2.36. The Morgan fingerprint density at radius 3 is 2.57 bits per heavy atom. The second kappa shape index (κ2) is 9.55. The van der Waals surface area contributed by atoms with Crippen LogP contribution in [0.4, 0.5) is 0 Å². The number of carbonyl (C=O) groups excluding carboxylic acids is 1. The quantitative estimate of drug-likeness (QED) is 0.766. The number of amides is 1. The van der Waals surface area contributed by atoms with Gasteiger partial charge in [0.15, 0.2) is 0 Å². The lowest BCUT2D eigenvalue weighted by atomic mass is 9.77. The van der Waals surface area contributed by atoms with Gasteiger partial charge in [-0.2, -0.15) is 0 Å². The van der Waals surface area contributed by atoms with Crippen LogP contribution in [0.25, 0.3) is 0 Å². The van der Waals surface area contributed by atoms with Crippen LogP contribution >= 0.6 is 0 Å². The fourth-order valence-corrected chi connectivity index (χ4v) is 3.96. The van der Waals surface area contributed by atoms with E-state index in [1.165, 1.54) is 0 Å². The fraction of sp³-hybridized carbons (Fsp3) is 0.455. The number of nitrogens with two attached hydrogens (primary N) is 1. The molecule has 6 nitrogen and oxygen atoms in total. The van der Waals surface area contributed by atoms with Gasteiger partial charge in [-0.25, -0.2) is 0 Å². The zero-order valence-corrected chi connectivity index (χ0v) is 16.6. The topological polar surface area (TPSA) is 86.5 Å². The molecule has 1 aliphatic carbocycles. The Morgan fingerprint density at radius 2 is 1.96 bits per heavy atom. The number of aromatic nitrogens is 1. The first-order chi connectivity index (χ1) is 13.7. The van der Waals surface area contributed by atoms with E-state index in [0.29, 0.717) is 28.9 Å². The van der Waals surface area contributed by atoms with E-state index >= 15 is 0 Å². The number of nitrogens with one attached hydrogen (secondary N) is 1. The van der Waals surface area contributed by atoms with Gasteiger partial charge in [0.05, 0.1) is 31.5 Å². The number of hydrogen-bond acceptors (Lipinski definition) is 5. The molecule has 1 aromatic carbocycles. The molecule has 6 heteroatoms. The zero-order chi connectivity index (χ0) is 19.9. The largest absolute Gasteiger partial charge is 0.497 e. The Labute approximate surface area is 166 Å². The van der Waals surface area contributed by atoms with Gasteiger partial charge in [0.25, 0.3) is 5.91 Å². The van der Waals surface area contributed by atoms with Crippen molar-refractivity contribution in [2.24, 2.45) is 17.6 Å². The molecule has 0 radical (unpaired) electrons. The van der Waals surface area contributed by atoms with Crippen LogP contribution in [0.3, 0.4) is 0 Å². The third-order valence-electron chi connectivity index (χ3n) is 5.64. The van der Waals surface area contributed by atoms with Crippen LogP contribution in [0, 0.1) is 11.8 Å². The highest BCUT2D eigenvalue weighted by Gasteiger charge is 2.31. The van der Waals surface area contributed by atoms with Gasteiger partial charge in [-0.05, 0) is 74.4 Å². The Balaban J connectivity index is 1.85. The minimum atomic E-state index is -0.188. The van der Waals surface area contributed by atoms with Crippen molar-refractivity contribution in [3.63, 3.8) is 0 Å². The standard InChI is InChI=1S/C22H29N3O3/c1-27-17-10-11-20(28-2)18(13-17)22(26)25-21(19-5-3-4-12-24-19)16-8-6-15(14-23)7-9-16/h3-5,10-13,15-16,21H,6-9,14,23H2,1-2H3,(H,25,26). The highest BCUT2D eigenvalue weighted by atomic mass is 16.5. The number of methoxy groups -OCH3 is 2. The van der Waals surface area contributed by atoms with Crippen LogP contribution in [0.1, 0.15) is 47.8 Å². The van der Waals surface area contributed by atoms with Gasteiger partial charge in [-0.3, -0.25) is 9.78 Å². The SMILES string of the molecule is COc1ccc(OC)c(C(=O)NC(c2ccccn2)C2CCC(CN)CC2)c1. The molecule has 28 heavy (non-hydrogen) atoms. The number of ether oxygens (including phenoxy) is 2. The van der Waals surface area contributed by atoms with E-state index in [0.717, 1.165) is 37.9 Å². The number of nitrogens with zero attached hydrogens (tertiary/aromatic N) is 1. The number of carbonyl (C=O) groups is 1. The van der Waals surface area contributed by atoms with Crippen molar-refractivity contribution in [3.8, 4) is 11.5 Å². The summed E-state index contributed by atoms with van der Waals surface area (Å²) < 4.78 is 10.7. The van der Waals surface area contributed by atoms with Crippen molar-refractivity contribution in [2.75, 3.05) is 20.8 Å². The molecule has 3 N–H and O–H groups in total. The third-order valence-corrected chi connectivity index (χ3v) is 5.64. The van der Waals surface area contributed by atoms with Crippen LogP contribution in [0.15, 0.2) is 42.6 Å². The fourth-order valence-electron chi connectivity index (χ4n) is 3.96. The van der Waals surface area contributed by atoms with E-state index in [1.54, 1.807) is 38.6 Å². The van der Waals surface area contributed by atoms with Crippen LogP contribution < -0.4 is 20.5 Å². The first-order valence-electron chi connectivity index (χ1n) is 9.80. The second-order valence-electron chi connectivity index (χ2n) is 7.29. The Hall–Kier alpha value is -2.60. The summed E-state index contributed by atoms with van der Waals surface area (Å²) in [5, 5.41) is 3.21. The molecule has 1 heterocycles. The molecule has 0 bridgehead atoms. The monoisotopic (exact) mass is 383 g/mol. The summed E-state index contributed by atoms with van der Waals surface area (Å²) in [5.74, 6) is 1.86. The van der Waals surface area contributed by atoms with Crippen molar-refractivity contribution in [2.45, 2.75) is 31.7 Å². The molecule has 1 unspecified atom stereocenters. The molecule has 1 atom stereocenters. The summed E-state index contributed by atoms with van der Waals surface area (Å²) in [6, 6.07) is 10.9. The summed E-state index contributed by atoms with van der Waals surface area (Å²) in [6.07, 6.45) is 6.00. The summed E-state index contributed by atoms with van der Waals surface area (Å²) in [4.78, 5) is 17.7. The first kappa shape index (κ1) is 20.1. The van der Waals surface area contributed by atoms with E-state index < -0.39 is 0 Å². The molecule has 0 saturated heterocycles. The maximum Gasteiger partial charge on any atom is 0.255 e. The van der Waals surface area contributed by atoms with Crippen molar-refractivity contribution in [1.29, 1.82) is 0 Å². The van der Waals surface area contributed by atoms with Crippen molar-refractivity contribution < 1.29 is 14.3 Å². The van der Waals surface area contributed by atoms with E-state index in [4.69, 9.17) is 15.2 Å². The molecule has 1 aliphatic rings. The maximum absolute atomic E-state index is 13.1. The molecule has 1 aromatic heterocycles. The molecule has 2 aromatic rings. The van der Waals surface area contributed by atoms with Crippen molar-refractivity contribution >= 4 is 5.91 Å². The van der Waals surface area contributed by atoms with Gasteiger partial charge in [0.2, 0.25) is 0 Å². The molecule has 0 aliphatic heterocycles. The van der Waals surface area contributed by atoms with Crippen molar-refractivity contribution in [3.05, 3.63) is 53.9 Å². The van der Waals surface area contributed by atoms with Gasteiger partial charge >= 0.3 is 0 Å². The van der Waals surface area contributed by atoms with Crippen molar-refractivity contribution in [1.82, 2.24) is 10.3 Å². The smallest absolute Gasteiger partial charge is 0.255 e. The lowest BCUT2D eigenvalue weighted by Gasteiger charge is -2.33. The van der Waals surface area contributed by atoms with Gasteiger partial charge < -0.3 is 20.5 Å². The minimum absolute atomic E-state index is 0.150. The number of rotatable bonds is 7. The predicted molar refractivity (Wildman–Crippen MR) is 108 cm³/mol. The summed E-state index contributed by atoms with van der Waals surface area (Å²) in [6.45, 7) is 0.730. The van der Waals surface area contributed by atoms with Crippen LogP contribution in [0.2, 0.25) is 0 Å². The molecule has 1 amide bonds. The summed E-state index contributed by atoms with van der Waals surface area (Å²) >= 11 is 0. The number of hydrogen-bond donors (Lipinski definition) is 2. The number of benzene rings is 1. The first-order valence-corrected chi connectivity index (χ1v) is 9.80. The van der Waals surface area contributed by atoms with Crippen LogP contribution in [-0.4, -0.2) is 31.7 Å². The molecule has 3 rings (SSSR count). The average Bonchev–Trinajstić information content (AvgIpc) is 2.77. The van der Waals surface area contributed by atoms with E-state index in [2.05, 4.69) is 10.3 Å². The van der Waals surface area contributed by atoms with E-state index in [1.807, 2.05) is 18.2 Å². The second-order valence-corrected chi connectivity index (χ2v) is 7.29. The Kier molecular flexibility index (Phi) is 6.87. The van der Waals surface area contributed by atoms with Gasteiger partial charge in [-0.15, -0.1) is 0 Å². The molecule has 0 spiro atoms. The molecule has 1 fully saturated rings. The maximum atomic E-state index is 13.1. The highest BCUT2D eigenvalue weighted by molar-refractivity contribution is 5.97. The molecule has 150 valence electrons. The number of pyridine rings is 1. The van der Waals surface area contributed by atoms with Crippen LogP contribution in [0.5, 0.6) is 11.5 Å². The van der Waals surface area contributed by atoms with E-state index in [-0.39, 0.29) is 11.9 Å². The normalized spacial score (nSPS) is 20.2. The summed E-state index contributed by atoms with van der Waals surface area (Å²) in [5.41, 5.74) is 7.18. The van der Waals surface area contributed by atoms with Gasteiger partial charge in [0.1, 0.15) is 11.5 Å². The highest BCUT2D eigenvalue weighted by Crippen LogP contribution is 2.36. The molecule has 1 saturated carbocycles. The lowest BCUT2D eigenvalue weighted by molar-refractivity contribution is 0.0902. The van der Waals surface area contributed by atoms with Gasteiger partial charge in [-0.1, -0.05) is 6.07 Å². The zero-order valence-electron chi connectivity index (χ0n) is 16.6. The average molecular weight is 383 g/mol. The Morgan fingerprint density at radius 1 is 1.18 bits per heavy atom. The summed E-state index contributed by atoms with van der Waals surface area (Å²) in [7, 11) is 3.14. The van der Waals surface area contributed by atoms with E-state index in [9.17, 15) is 4.79 Å². The minimum Gasteiger partial charge on any atom is -0.497 e. The van der Waals surface area contributed by atoms with Gasteiger partial charge in [0, 0.05) is 6.20 Å².